The van der Waals surface area contributed by atoms with Crippen LogP contribution in [0, 0.1) is 34.5 Å². The second-order valence-electron chi connectivity index (χ2n) is 10.2. The van der Waals surface area contributed by atoms with Gasteiger partial charge < -0.3 is 5.11 Å². The molecule has 0 aliphatic heterocycles. The number of rotatable bonds is 4. The molecule has 0 heterocycles. The lowest BCUT2D eigenvalue weighted by molar-refractivity contribution is -0.146. The summed E-state index contributed by atoms with van der Waals surface area (Å²) in [6, 6.07) is 0. The van der Waals surface area contributed by atoms with Gasteiger partial charge in [-0.1, -0.05) is 19.4 Å². The number of allylic oxidation sites excluding steroid dienone is 1. The van der Waals surface area contributed by atoms with Crippen LogP contribution in [0.25, 0.3) is 0 Å². The second-order valence-corrected chi connectivity index (χ2v) is 11.9. The van der Waals surface area contributed by atoms with Gasteiger partial charge in [-0.25, -0.2) is 0 Å². The first kappa shape index (κ1) is 21.2. The molecule has 4 rings (SSSR count). The third-order valence-corrected chi connectivity index (χ3v) is 9.24. The van der Waals surface area contributed by atoms with Gasteiger partial charge in [0.05, 0.1) is 12.4 Å². The lowest BCUT2D eigenvalue weighted by Gasteiger charge is -2.59. The molecular formula is C22H32O6S. The zero-order chi connectivity index (χ0) is 21.2. The van der Waals surface area contributed by atoms with Crippen molar-refractivity contribution >= 4 is 21.7 Å². The van der Waals surface area contributed by atoms with Crippen molar-refractivity contribution in [3.05, 3.63) is 11.6 Å². The standard InChI is InChI=1S/C22H32O6S/c1-21-9-8-14(23)10-13(21)4-5-15-16-6-7-17(19(25)12-28-29(3,26)27)22(16,2)11-18(24)20(15)21/h10,15-18,20,24H,4-9,11-12H2,1-3H3/t15-,16-,17+,18-,20+,21-,22-/m0/s1. The number of carbonyl (C=O) groups excluding carboxylic acids is 2. The molecule has 0 spiro atoms. The Labute approximate surface area is 173 Å². The van der Waals surface area contributed by atoms with Crippen molar-refractivity contribution in [1.82, 2.24) is 0 Å². The third-order valence-electron chi connectivity index (χ3n) is 8.70. The van der Waals surface area contributed by atoms with Crippen molar-refractivity contribution in [3.63, 3.8) is 0 Å². The predicted octanol–water partition coefficient (Wildman–Crippen LogP) is 2.65. The topological polar surface area (TPSA) is 97.7 Å². The van der Waals surface area contributed by atoms with Crippen LogP contribution in [-0.4, -0.2) is 44.1 Å². The molecule has 0 aromatic carbocycles. The van der Waals surface area contributed by atoms with E-state index >= 15 is 0 Å². The molecule has 7 heteroatoms. The fraction of sp³-hybridized carbons (Fsp3) is 0.818. The molecule has 0 amide bonds. The van der Waals surface area contributed by atoms with Gasteiger partial charge in [-0.3, -0.25) is 13.8 Å². The summed E-state index contributed by atoms with van der Waals surface area (Å²) >= 11 is 0. The highest BCUT2D eigenvalue weighted by atomic mass is 32.2. The van der Waals surface area contributed by atoms with Gasteiger partial charge in [0.1, 0.15) is 6.61 Å². The monoisotopic (exact) mass is 424 g/mol. The SMILES string of the molecule is C[C@]12C[C@H](O)[C@H]3[C@@H](CCC4=CC(=O)CC[C@@]43C)[C@@H]1CC[C@@H]2C(=O)COS(C)(=O)=O. The van der Waals surface area contributed by atoms with E-state index in [-0.39, 0.29) is 34.2 Å². The Kier molecular flexibility index (Phi) is 5.11. The van der Waals surface area contributed by atoms with Gasteiger partial charge in [0.15, 0.2) is 11.6 Å². The lowest BCUT2D eigenvalue weighted by Crippen LogP contribution is -2.57. The van der Waals surface area contributed by atoms with Crippen LogP contribution < -0.4 is 0 Å². The number of Topliss-reactive ketones (excluding diaryl/α,β-unsaturated/α-hetero) is 1. The molecule has 0 aromatic rings. The Bertz CT molecular complexity index is 861. The summed E-state index contributed by atoms with van der Waals surface area (Å²) in [5.41, 5.74) is 0.726. The normalized spacial score (nSPS) is 44.5. The summed E-state index contributed by atoms with van der Waals surface area (Å²) in [6.45, 7) is 3.90. The Morgan fingerprint density at radius 2 is 1.97 bits per heavy atom. The van der Waals surface area contributed by atoms with Crippen LogP contribution in [0.15, 0.2) is 11.6 Å². The lowest BCUT2D eigenvalue weighted by atomic mass is 9.46. The maximum atomic E-state index is 12.8. The number of carbonyl (C=O) groups is 2. The van der Waals surface area contributed by atoms with Crippen molar-refractivity contribution in [1.29, 1.82) is 0 Å². The van der Waals surface area contributed by atoms with E-state index in [9.17, 15) is 23.1 Å². The van der Waals surface area contributed by atoms with Gasteiger partial charge >= 0.3 is 0 Å². The van der Waals surface area contributed by atoms with Crippen LogP contribution in [0.5, 0.6) is 0 Å². The fourth-order valence-electron chi connectivity index (χ4n) is 7.48. The average molecular weight is 425 g/mol. The minimum absolute atomic E-state index is 0.120. The molecule has 3 saturated carbocycles. The van der Waals surface area contributed by atoms with Crippen LogP contribution in [0.1, 0.15) is 58.8 Å². The molecule has 0 bridgehead atoms. The molecule has 1 N–H and O–H groups in total. The van der Waals surface area contributed by atoms with Gasteiger partial charge in [0.2, 0.25) is 0 Å². The maximum absolute atomic E-state index is 12.8. The number of hydrogen-bond acceptors (Lipinski definition) is 6. The summed E-state index contributed by atoms with van der Waals surface area (Å²) in [7, 11) is -3.66. The van der Waals surface area contributed by atoms with Crippen LogP contribution in [0.4, 0.5) is 0 Å². The van der Waals surface area contributed by atoms with E-state index in [4.69, 9.17) is 4.18 Å². The Morgan fingerprint density at radius 3 is 2.66 bits per heavy atom. The average Bonchev–Trinajstić information content (AvgIpc) is 2.96. The highest BCUT2D eigenvalue weighted by Gasteiger charge is 2.62. The molecule has 6 nitrogen and oxygen atoms in total. The van der Waals surface area contributed by atoms with E-state index in [1.165, 1.54) is 5.57 Å². The third kappa shape index (κ3) is 3.43. The molecule has 0 saturated heterocycles. The molecule has 0 unspecified atom stereocenters. The summed E-state index contributed by atoms with van der Waals surface area (Å²) in [4.78, 5) is 24.8. The van der Waals surface area contributed by atoms with Crippen LogP contribution in [0.2, 0.25) is 0 Å². The van der Waals surface area contributed by atoms with Crippen molar-refractivity contribution in [3.8, 4) is 0 Å². The van der Waals surface area contributed by atoms with Crippen LogP contribution >= 0.6 is 0 Å². The van der Waals surface area contributed by atoms with Gasteiger partial charge in [0, 0.05) is 12.3 Å². The van der Waals surface area contributed by atoms with Crippen molar-refractivity contribution in [2.45, 2.75) is 64.9 Å². The van der Waals surface area contributed by atoms with Crippen molar-refractivity contribution < 1.29 is 27.3 Å². The van der Waals surface area contributed by atoms with Gasteiger partial charge in [-0.15, -0.1) is 0 Å². The quantitative estimate of drug-likeness (QED) is 0.697. The smallest absolute Gasteiger partial charge is 0.264 e. The number of aliphatic hydroxyl groups is 1. The zero-order valence-electron chi connectivity index (χ0n) is 17.5. The first-order valence-electron chi connectivity index (χ1n) is 10.7. The Hall–Kier alpha value is -1.05. The number of aliphatic hydroxyl groups excluding tert-OH is 1. The highest BCUT2D eigenvalue weighted by Crippen LogP contribution is 2.66. The van der Waals surface area contributed by atoms with E-state index in [0.29, 0.717) is 24.7 Å². The van der Waals surface area contributed by atoms with Crippen LogP contribution in [-0.2, 0) is 23.9 Å². The molecule has 162 valence electrons. The van der Waals surface area contributed by atoms with E-state index in [1.54, 1.807) is 0 Å². The van der Waals surface area contributed by atoms with Crippen LogP contribution in [0.3, 0.4) is 0 Å². The minimum atomic E-state index is -3.66. The van der Waals surface area contributed by atoms with Gasteiger partial charge in [0.25, 0.3) is 10.1 Å². The van der Waals surface area contributed by atoms with E-state index in [2.05, 4.69) is 13.8 Å². The van der Waals surface area contributed by atoms with E-state index in [0.717, 1.165) is 38.4 Å². The summed E-state index contributed by atoms with van der Waals surface area (Å²) in [6.07, 6.45) is 7.62. The number of ketones is 2. The first-order chi connectivity index (χ1) is 13.5. The molecule has 7 atom stereocenters. The minimum Gasteiger partial charge on any atom is -0.393 e. The first-order valence-corrected chi connectivity index (χ1v) is 12.6. The molecule has 3 fully saturated rings. The predicted molar refractivity (Wildman–Crippen MR) is 107 cm³/mol. The maximum Gasteiger partial charge on any atom is 0.264 e. The largest absolute Gasteiger partial charge is 0.393 e. The summed E-state index contributed by atoms with van der Waals surface area (Å²) in [5.74, 6) is 0.532. The molecular weight excluding hydrogens is 392 g/mol. The number of fused-ring (bicyclic) bond motifs is 5. The summed E-state index contributed by atoms with van der Waals surface area (Å²) in [5, 5.41) is 11.3. The van der Waals surface area contributed by atoms with E-state index < -0.39 is 22.8 Å². The molecule has 0 radical (unpaired) electrons. The fourth-order valence-corrected chi connectivity index (χ4v) is 7.81. The summed E-state index contributed by atoms with van der Waals surface area (Å²) < 4.78 is 27.4. The number of hydrogen-bond donors (Lipinski definition) is 1. The van der Waals surface area contributed by atoms with Gasteiger partial charge in [-0.05, 0) is 73.2 Å². The second kappa shape index (κ2) is 6.99. The van der Waals surface area contributed by atoms with Gasteiger partial charge in [-0.2, -0.15) is 8.42 Å². The molecule has 4 aliphatic rings. The Balaban J connectivity index is 1.60. The molecule has 4 aliphatic carbocycles. The van der Waals surface area contributed by atoms with Crippen molar-refractivity contribution in [2.75, 3.05) is 12.9 Å². The zero-order valence-corrected chi connectivity index (χ0v) is 18.3. The van der Waals surface area contributed by atoms with E-state index in [1.807, 2.05) is 6.08 Å². The molecule has 0 aromatic heterocycles. The Morgan fingerprint density at radius 1 is 1.24 bits per heavy atom. The highest BCUT2D eigenvalue weighted by molar-refractivity contribution is 7.86. The molecule has 29 heavy (non-hydrogen) atoms. The van der Waals surface area contributed by atoms with Crippen molar-refractivity contribution in [2.24, 2.45) is 34.5 Å².